The Morgan fingerprint density at radius 3 is 2.33 bits per heavy atom. The summed E-state index contributed by atoms with van der Waals surface area (Å²) >= 11 is 0. The molecular formula is C24H33N3O2S. The number of nitrogens with zero attached hydrogens (tertiary/aromatic N) is 2. The fraction of sp³-hybridized carbons (Fsp3) is 0.417. The van der Waals surface area contributed by atoms with Crippen LogP contribution in [-0.4, -0.2) is 46.0 Å². The molecule has 5 nitrogen and oxygen atoms in total. The molecule has 2 N–H and O–H groups in total. The van der Waals surface area contributed by atoms with Gasteiger partial charge in [-0.2, -0.15) is 0 Å². The number of fused-ring (bicyclic) bond motifs is 1. The molecule has 1 aliphatic carbocycles. The first-order chi connectivity index (χ1) is 14.4. The van der Waals surface area contributed by atoms with Crippen LogP contribution < -0.4 is 10.0 Å². The molecule has 2 aliphatic rings. The summed E-state index contributed by atoms with van der Waals surface area (Å²) < 4.78 is 22.8. The van der Waals surface area contributed by atoms with E-state index in [2.05, 4.69) is 40.6 Å². The van der Waals surface area contributed by atoms with Gasteiger partial charge in [0.15, 0.2) is 0 Å². The predicted octanol–water partition coefficient (Wildman–Crippen LogP) is 3.77. The van der Waals surface area contributed by atoms with Crippen LogP contribution in [0.1, 0.15) is 36.8 Å². The second-order valence-corrected chi connectivity index (χ2v) is 9.56. The van der Waals surface area contributed by atoms with Crippen LogP contribution in [0.5, 0.6) is 0 Å². The number of aryl methyl sites for hydroxylation is 1. The number of piperazine rings is 1. The predicted molar refractivity (Wildman–Crippen MR) is 124 cm³/mol. The van der Waals surface area contributed by atoms with Crippen LogP contribution >= 0.6 is 0 Å². The maximum Gasteiger partial charge on any atom is 0.238 e. The van der Waals surface area contributed by atoms with E-state index >= 15 is 0 Å². The third-order valence-corrected chi connectivity index (χ3v) is 6.88. The van der Waals surface area contributed by atoms with Gasteiger partial charge < -0.3 is 4.90 Å². The molecule has 0 radical (unpaired) electrons. The van der Waals surface area contributed by atoms with E-state index in [1.807, 2.05) is 19.1 Å². The van der Waals surface area contributed by atoms with Crippen molar-refractivity contribution in [2.45, 2.75) is 37.0 Å². The summed E-state index contributed by atoms with van der Waals surface area (Å²) in [5.74, 6) is 0.713. The zero-order chi connectivity index (χ0) is 21.6. The third-order valence-electron chi connectivity index (χ3n) is 5.95. The largest absolute Gasteiger partial charge is 0.369 e. The molecule has 2 aromatic carbocycles. The second-order valence-electron chi connectivity index (χ2n) is 8.00. The SMILES string of the molecule is C=CC.NS(=O)(=O)c1ccc(N2CCN(CCC3CCc4ccccc43)CC2)cc1. The number of benzene rings is 2. The molecular weight excluding hydrogens is 394 g/mol. The number of primary sulfonamides is 1. The molecule has 0 bridgehead atoms. The Bertz CT molecular complexity index is 933. The van der Waals surface area contributed by atoms with Crippen molar-refractivity contribution in [3.05, 3.63) is 72.3 Å². The Hall–Kier alpha value is -2.15. The highest BCUT2D eigenvalue weighted by Crippen LogP contribution is 2.35. The van der Waals surface area contributed by atoms with Gasteiger partial charge in [-0.3, -0.25) is 4.90 Å². The highest BCUT2D eigenvalue weighted by Gasteiger charge is 2.24. The summed E-state index contributed by atoms with van der Waals surface area (Å²) in [4.78, 5) is 5.03. The van der Waals surface area contributed by atoms with E-state index in [-0.39, 0.29) is 4.90 Å². The lowest BCUT2D eigenvalue weighted by atomic mass is 9.97. The zero-order valence-corrected chi connectivity index (χ0v) is 18.7. The van der Waals surface area contributed by atoms with Crippen LogP contribution in [0.4, 0.5) is 5.69 Å². The molecule has 0 saturated carbocycles. The van der Waals surface area contributed by atoms with Crippen molar-refractivity contribution in [2.75, 3.05) is 37.6 Å². The minimum atomic E-state index is -3.62. The minimum absolute atomic E-state index is 0.168. The molecule has 162 valence electrons. The molecule has 4 rings (SSSR count). The maximum absolute atomic E-state index is 11.4. The van der Waals surface area contributed by atoms with Crippen molar-refractivity contribution in [3.8, 4) is 0 Å². The first kappa shape index (κ1) is 22.5. The van der Waals surface area contributed by atoms with Crippen molar-refractivity contribution in [1.82, 2.24) is 4.90 Å². The molecule has 0 aromatic heterocycles. The van der Waals surface area contributed by atoms with E-state index in [4.69, 9.17) is 5.14 Å². The first-order valence-electron chi connectivity index (χ1n) is 10.7. The molecule has 1 atom stereocenters. The van der Waals surface area contributed by atoms with Crippen molar-refractivity contribution >= 4 is 15.7 Å². The van der Waals surface area contributed by atoms with Crippen molar-refractivity contribution < 1.29 is 8.42 Å². The second kappa shape index (κ2) is 10.2. The average Bonchev–Trinajstić information content (AvgIpc) is 3.16. The van der Waals surface area contributed by atoms with Gasteiger partial charge in [0.2, 0.25) is 10.0 Å². The Morgan fingerprint density at radius 2 is 1.70 bits per heavy atom. The number of hydrogen-bond acceptors (Lipinski definition) is 4. The lowest BCUT2D eigenvalue weighted by Gasteiger charge is -2.36. The summed E-state index contributed by atoms with van der Waals surface area (Å²) in [7, 11) is -3.62. The molecule has 1 heterocycles. The maximum atomic E-state index is 11.4. The minimum Gasteiger partial charge on any atom is -0.369 e. The van der Waals surface area contributed by atoms with Crippen LogP contribution in [0.2, 0.25) is 0 Å². The van der Waals surface area contributed by atoms with Crippen LogP contribution in [-0.2, 0) is 16.4 Å². The Balaban J connectivity index is 0.000000806. The first-order valence-corrected chi connectivity index (χ1v) is 12.2. The van der Waals surface area contributed by atoms with E-state index < -0.39 is 10.0 Å². The summed E-state index contributed by atoms with van der Waals surface area (Å²) in [6.45, 7) is 10.4. The van der Waals surface area contributed by atoms with Crippen molar-refractivity contribution in [2.24, 2.45) is 5.14 Å². The van der Waals surface area contributed by atoms with Crippen LogP contribution in [0.25, 0.3) is 0 Å². The number of rotatable bonds is 5. The molecule has 2 aromatic rings. The van der Waals surface area contributed by atoms with Crippen LogP contribution in [0, 0.1) is 0 Å². The van der Waals surface area contributed by atoms with Crippen LogP contribution in [0.15, 0.2) is 66.1 Å². The Labute approximate surface area is 181 Å². The lowest BCUT2D eigenvalue weighted by molar-refractivity contribution is 0.248. The summed E-state index contributed by atoms with van der Waals surface area (Å²) in [5, 5.41) is 5.17. The highest BCUT2D eigenvalue weighted by molar-refractivity contribution is 7.89. The number of allylic oxidation sites excluding steroid dienone is 1. The number of sulfonamides is 1. The van der Waals surface area contributed by atoms with Gasteiger partial charge in [0.1, 0.15) is 0 Å². The van der Waals surface area contributed by atoms with Gasteiger partial charge in [-0.05, 0) is 74.0 Å². The number of nitrogens with two attached hydrogens (primary N) is 1. The molecule has 0 spiro atoms. The Kier molecular flexibility index (Phi) is 7.69. The number of anilines is 1. The molecule has 6 heteroatoms. The normalized spacial score (nSPS) is 19.0. The average molecular weight is 428 g/mol. The smallest absolute Gasteiger partial charge is 0.238 e. The highest BCUT2D eigenvalue weighted by atomic mass is 32.2. The molecule has 1 aliphatic heterocycles. The van der Waals surface area contributed by atoms with Gasteiger partial charge in [-0.15, -0.1) is 6.58 Å². The fourth-order valence-corrected chi connectivity index (χ4v) is 4.88. The quantitative estimate of drug-likeness (QED) is 0.738. The van der Waals surface area contributed by atoms with E-state index in [0.717, 1.165) is 38.4 Å². The van der Waals surface area contributed by atoms with Crippen LogP contribution in [0.3, 0.4) is 0 Å². The van der Waals surface area contributed by atoms with Gasteiger partial charge >= 0.3 is 0 Å². The van der Waals surface area contributed by atoms with Gasteiger partial charge in [-0.25, -0.2) is 13.6 Å². The fourth-order valence-electron chi connectivity index (χ4n) is 4.36. The van der Waals surface area contributed by atoms with Gasteiger partial charge in [0.25, 0.3) is 0 Å². The van der Waals surface area contributed by atoms with Gasteiger partial charge in [0.05, 0.1) is 4.90 Å². The van der Waals surface area contributed by atoms with Gasteiger partial charge in [0, 0.05) is 31.9 Å². The van der Waals surface area contributed by atoms with Crippen molar-refractivity contribution in [1.29, 1.82) is 0 Å². The summed E-state index contributed by atoms with van der Waals surface area (Å²) in [6.07, 6.45) is 5.50. The monoisotopic (exact) mass is 427 g/mol. The third kappa shape index (κ3) is 5.72. The zero-order valence-electron chi connectivity index (χ0n) is 17.8. The Morgan fingerprint density at radius 1 is 1.07 bits per heavy atom. The van der Waals surface area contributed by atoms with E-state index in [9.17, 15) is 8.42 Å². The topological polar surface area (TPSA) is 66.6 Å². The lowest BCUT2D eigenvalue weighted by Crippen LogP contribution is -2.46. The standard InChI is InChI=1S/C21H27N3O2S.C3H6/c22-27(25,26)20-9-7-19(8-10-20)24-15-13-23(14-16-24)12-11-18-6-5-17-3-1-2-4-21(17)18;1-3-2/h1-4,7-10,18H,5-6,11-16H2,(H2,22,25,26);3H,1H2,2H3. The molecule has 1 fully saturated rings. The van der Waals surface area contributed by atoms with E-state index in [1.54, 1.807) is 23.8 Å². The molecule has 1 saturated heterocycles. The molecule has 0 amide bonds. The van der Waals surface area contributed by atoms with E-state index in [1.165, 1.54) is 24.8 Å². The molecule has 30 heavy (non-hydrogen) atoms. The van der Waals surface area contributed by atoms with Gasteiger partial charge in [-0.1, -0.05) is 30.3 Å². The summed E-state index contributed by atoms with van der Waals surface area (Å²) in [5.41, 5.74) is 4.16. The van der Waals surface area contributed by atoms with E-state index in [0.29, 0.717) is 5.92 Å². The molecule has 1 unspecified atom stereocenters. The summed E-state index contributed by atoms with van der Waals surface area (Å²) in [6, 6.07) is 15.8. The number of hydrogen-bond donors (Lipinski definition) is 1. The van der Waals surface area contributed by atoms with Crippen molar-refractivity contribution in [3.63, 3.8) is 0 Å².